The highest BCUT2D eigenvalue weighted by Gasteiger charge is 2.31. The maximum Gasteiger partial charge on any atom is 0.319 e. The highest BCUT2D eigenvalue weighted by atomic mass is 16.2. The third kappa shape index (κ3) is 3.20. The van der Waals surface area contributed by atoms with Crippen LogP contribution in [0, 0.1) is 5.92 Å². The molecule has 0 aromatic rings. The van der Waals surface area contributed by atoms with Gasteiger partial charge in [0.05, 0.1) is 5.92 Å². The van der Waals surface area contributed by atoms with E-state index in [2.05, 4.69) is 5.32 Å². The van der Waals surface area contributed by atoms with E-state index < -0.39 is 0 Å². The van der Waals surface area contributed by atoms with Crippen LogP contribution in [-0.4, -0.2) is 79.4 Å². The molecule has 2 heterocycles. The maximum atomic E-state index is 12.3. The van der Waals surface area contributed by atoms with Gasteiger partial charge in [-0.15, -0.1) is 0 Å². The molecule has 2 fully saturated rings. The number of carbonyl (C=O) groups is 3. The summed E-state index contributed by atoms with van der Waals surface area (Å²) in [5, 5.41) is 2.74. The predicted octanol–water partition coefficient (Wildman–Crippen LogP) is -0.662. The molecule has 0 saturated carbocycles. The normalized spacial score (nSPS) is 23.3. The van der Waals surface area contributed by atoms with Crippen molar-refractivity contribution in [1.29, 1.82) is 0 Å². The van der Waals surface area contributed by atoms with Crippen LogP contribution in [0.25, 0.3) is 0 Å². The first-order valence-corrected chi connectivity index (χ1v) is 7.00. The SMILES string of the molecule is CN(C)C(=O)N1CCN(C(=O)C2CCC(=O)NC2)CC1. The fraction of sp³-hybridized carbons (Fsp3) is 0.769. The molecule has 0 aliphatic carbocycles. The number of urea groups is 1. The number of carbonyl (C=O) groups excluding carboxylic acids is 3. The molecule has 1 atom stereocenters. The van der Waals surface area contributed by atoms with Crippen LogP contribution in [0.1, 0.15) is 12.8 Å². The van der Waals surface area contributed by atoms with Crippen molar-refractivity contribution in [2.75, 3.05) is 46.8 Å². The minimum atomic E-state index is -0.108. The van der Waals surface area contributed by atoms with E-state index in [0.29, 0.717) is 45.6 Å². The Balaban J connectivity index is 1.83. The van der Waals surface area contributed by atoms with Crippen molar-refractivity contribution in [3.8, 4) is 0 Å². The molecule has 2 rings (SSSR count). The molecule has 1 unspecified atom stereocenters. The number of rotatable bonds is 1. The predicted molar refractivity (Wildman–Crippen MR) is 73.0 cm³/mol. The van der Waals surface area contributed by atoms with Gasteiger partial charge in [0.25, 0.3) is 0 Å². The number of hydrogen-bond acceptors (Lipinski definition) is 3. The topological polar surface area (TPSA) is 73.0 Å². The van der Waals surface area contributed by atoms with Gasteiger partial charge in [0.2, 0.25) is 11.8 Å². The lowest BCUT2D eigenvalue weighted by molar-refractivity contribution is -0.138. The minimum absolute atomic E-state index is 0.0120. The molecule has 0 aromatic heterocycles. The molecular formula is C13H22N4O3. The zero-order valence-corrected chi connectivity index (χ0v) is 12.1. The van der Waals surface area contributed by atoms with Crippen molar-refractivity contribution >= 4 is 17.8 Å². The Kier molecular flexibility index (Phi) is 4.46. The zero-order valence-electron chi connectivity index (χ0n) is 12.1. The van der Waals surface area contributed by atoms with Gasteiger partial charge in [-0.25, -0.2) is 4.79 Å². The van der Waals surface area contributed by atoms with Crippen molar-refractivity contribution in [2.24, 2.45) is 5.92 Å². The Morgan fingerprint density at radius 3 is 2.25 bits per heavy atom. The smallest absolute Gasteiger partial charge is 0.319 e. The number of amides is 4. The standard InChI is InChI=1S/C13H22N4O3/c1-15(2)13(20)17-7-5-16(6-8-17)12(19)10-3-4-11(18)14-9-10/h10H,3-9H2,1-2H3,(H,14,18). The summed E-state index contributed by atoms with van der Waals surface area (Å²) in [6.45, 7) is 2.73. The summed E-state index contributed by atoms with van der Waals surface area (Å²) in [5.41, 5.74) is 0. The fourth-order valence-corrected chi connectivity index (χ4v) is 2.60. The summed E-state index contributed by atoms with van der Waals surface area (Å²) in [7, 11) is 3.45. The summed E-state index contributed by atoms with van der Waals surface area (Å²) in [5.74, 6) is 0.0150. The van der Waals surface area contributed by atoms with E-state index >= 15 is 0 Å². The highest BCUT2D eigenvalue weighted by Crippen LogP contribution is 2.15. The van der Waals surface area contributed by atoms with Gasteiger partial charge in [-0.3, -0.25) is 9.59 Å². The van der Waals surface area contributed by atoms with E-state index in [9.17, 15) is 14.4 Å². The molecule has 112 valence electrons. The van der Waals surface area contributed by atoms with Crippen molar-refractivity contribution in [3.63, 3.8) is 0 Å². The number of nitrogens with one attached hydrogen (secondary N) is 1. The highest BCUT2D eigenvalue weighted by molar-refractivity contribution is 5.84. The lowest BCUT2D eigenvalue weighted by Crippen LogP contribution is -2.55. The van der Waals surface area contributed by atoms with Crippen LogP contribution in [0.3, 0.4) is 0 Å². The second-order valence-electron chi connectivity index (χ2n) is 5.53. The Bertz CT molecular complexity index is 392. The van der Waals surface area contributed by atoms with Crippen LogP contribution in [0.15, 0.2) is 0 Å². The van der Waals surface area contributed by atoms with Gasteiger partial charge in [0.1, 0.15) is 0 Å². The molecule has 2 aliphatic rings. The van der Waals surface area contributed by atoms with Gasteiger partial charge >= 0.3 is 6.03 Å². The lowest BCUT2D eigenvalue weighted by atomic mass is 9.97. The number of piperidine rings is 1. The van der Waals surface area contributed by atoms with E-state index in [1.165, 1.54) is 0 Å². The summed E-state index contributed by atoms with van der Waals surface area (Å²) in [4.78, 5) is 40.4. The summed E-state index contributed by atoms with van der Waals surface area (Å²) in [6, 6.07) is -0.0120. The third-order valence-electron chi connectivity index (χ3n) is 3.86. The van der Waals surface area contributed by atoms with Crippen LogP contribution in [0.5, 0.6) is 0 Å². The third-order valence-corrected chi connectivity index (χ3v) is 3.86. The second kappa shape index (κ2) is 6.11. The van der Waals surface area contributed by atoms with E-state index in [1.54, 1.807) is 23.9 Å². The first kappa shape index (κ1) is 14.6. The molecule has 7 nitrogen and oxygen atoms in total. The molecular weight excluding hydrogens is 260 g/mol. The molecule has 20 heavy (non-hydrogen) atoms. The monoisotopic (exact) mass is 282 g/mol. The van der Waals surface area contributed by atoms with Crippen molar-refractivity contribution < 1.29 is 14.4 Å². The molecule has 7 heteroatoms. The Labute approximate surface area is 118 Å². The van der Waals surface area contributed by atoms with Gasteiger partial charge in [0.15, 0.2) is 0 Å². The summed E-state index contributed by atoms with van der Waals surface area (Å²) in [6.07, 6.45) is 1.05. The Hall–Kier alpha value is -1.79. The van der Waals surface area contributed by atoms with Crippen LogP contribution < -0.4 is 5.32 Å². The zero-order chi connectivity index (χ0) is 14.7. The summed E-state index contributed by atoms with van der Waals surface area (Å²) >= 11 is 0. The van der Waals surface area contributed by atoms with E-state index in [-0.39, 0.29) is 23.8 Å². The molecule has 1 N–H and O–H groups in total. The van der Waals surface area contributed by atoms with Crippen LogP contribution >= 0.6 is 0 Å². The number of piperazine rings is 1. The van der Waals surface area contributed by atoms with Crippen molar-refractivity contribution in [1.82, 2.24) is 20.0 Å². The molecule has 4 amide bonds. The van der Waals surface area contributed by atoms with Gasteiger partial charge in [-0.2, -0.15) is 0 Å². The quantitative estimate of drug-likeness (QED) is 0.694. The molecule has 0 spiro atoms. The Morgan fingerprint density at radius 1 is 1.15 bits per heavy atom. The largest absolute Gasteiger partial charge is 0.355 e. The molecule has 2 aliphatic heterocycles. The van der Waals surface area contributed by atoms with Gasteiger partial charge in [0, 0.05) is 53.2 Å². The Morgan fingerprint density at radius 2 is 1.75 bits per heavy atom. The van der Waals surface area contributed by atoms with Gasteiger partial charge < -0.3 is 20.0 Å². The summed E-state index contributed by atoms with van der Waals surface area (Å²) < 4.78 is 0. The van der Waals surface area contributed by atoms with Crippen molar-refractivity contribution in [3.05, 3.63) is 0 Å². The van der Waals surface area contributed by atoms with E-state index in [0.717, 1.165) is 0 Å². The number of nitrogens with zero attached hydrogens (tertiary/aromatic N) is 3. The van der Waals surface area contributed by atoms with Crippen LogP contribution in [0.2, 0.25) is 0 Å². The molecule has 2 saturated heterocycles. The van der Waals surface area contributed by atoms with E-state index in [1.807, 2.05) is 4.90 Å². The maximum absolute atomic E-state index is 12.3. The molecule has 0 aromatic carbocycles. The first-order chi connectivity index (χ1) is 9.49. The lowest BCUT2D eigenvalue weighted by Gasteiger charge is -2.37. The van der Waals surface area contributed by atoms with E-state index in [4.69, 9.17) is 0 Å². The average molecular weight is 282 g/mol. The second-order valence-corrected chi connectivity index (χ2v) is 5.53. The van der Waals surface area contributed by atoms with Gasteiger partial charge in [-0.1, -0.05) is 0 Å². The molecule has 0 bridgehead atoms. The fourth-order valence-electron chi connectivity index (χ4n) is 2.60. The van der Waals surface area contributed by atoms with Crippen molar-refractivity contribution in [2.45, 2.75) is 12.8 Å². The average Bonchev–Trinajstić information content (AvgIpc) is 2.46. The van der Waals surface area contributed by atoms with Crippen LogP contribution in [-0.2, 0) is 9.59 Å². The van der Waals surface area contributed by atoms with Crippen LogP contribution in [0.4, 0.5) is 4.79 Å². The first-order valence-electron chi connectivity index (χ1n) is 7.00. The number of hydrogen-bond donors (Lipinski definition) is 1. The molecule has 0 radical (unpaired) electrons. The van der Waals surface area contributed by atoms with Gasteiger partial charge in [-0.05, 0) is 6.42 Å². The minimum Gasteiger partial charge on any atom is -0.355 e.